The van der Waals surface area contributed by atoms with Gasteiger partial charge in [0.1, 0.15) is 0 Å². The maximum atomic E-state index is 11.2. The summed E-state index contributed by atoms with van der Waals surface area (Å²) in [4.78, 5) is 44.3. The molecule has 1 aromatic rings. The summed E-state index contributed by atoms with van der Waals surface area (Å²) in [7, 11) is -4.12. The van der Waals surface area contributed by atoms with Crippen molar-refractivity contribution in [3.63, 3.8) is 0 Å². The highest BCUT2D eigenvalue weighted by molar-refractivity contribution is 7.51. The molecule has 0 spiro atoms. The van der Waals surface area contributed by atoms with Gasteiger partial charge in [-0.25, -0.2) is 0 Å². The summed E-state index contributed by atoms with van der Waals surface area (Å²) in [6.45, 7) is -0.111. The van der Waals surface area contributed by atoms with E-state index in [2.05, 4.69) is 20.5 Å². The Morgan fingerprint density at radius 1 is 1.53 bits per heavy atom. The van der Waals surface area contributed by atoms with Crippen molar-refractivity contribution in [3.8, 4) is 0 Å². The Kier molecular flexibility index (Phi) is 3.94. The van der Waals surface area contributed by atoms with Crippen LogP contribution in [0.15, 0.2) is 9.97 Å². The van der Waals surface area contributed by atoms with Crippen LogP contribution in [0.25, 0.3) is 0 Å². The van der Waals surface area contributed by atoms with Crippen molar-refractivity contribution >= 4 is 25.0 Å². The van der Waals surface area contributed by atoms with Gasteiger partial charge in [0.2, 0.25) is 11.6 Å². The third-order valence-corrected chi connectivity index (χ3v) is 2.51. The van der Waals surface area contributed by atoms with E-state index in [0.717, 1.165) is 0 Å². The average Bonchev–Trinajstić information content (AvgIpc) is 2.15. The van der Waals surface area contributed by atoms with Crippen molar-refractivity contribution in [1.82, 2.24) is 9.97 Å². The van der Waals surface area contributed by atoms with Crippen LogP contribution in [0.2, 0.25) is 0 Å². The quantitative estimate of drug-likeness (QED) is 0.344. The fraction of sp³-hybridized carbons (Fsp3) is 0.333. The van der Waals surface area contributed by atoms with Crippen LogP contribution in [0.4, 0.5) is 17.5 Å². The van der Waals surface area contributed by atoms with Gasteiger partial charge >= 0.3 is 7.60 Å². The minimum Gasteiger partial charge on any atom is -0.382 e. The second kappa shape index (κ2) is 5.04. The molecule has 0 aliphatic rings. The zero-order valence-electron chi connectivity index (χ0n) is 8.45. The number of aromatic nitrogens is 2. The molecule has 0 saturated heterocycles. The van der Waals surface area contributed by atoms with Crippen LogP contribution in [0.5, 0.6) is 0 Å². The van der Waals surface area contributed by atoms with E-state index in [9.17, 15) is 14.3 Å². The van der Waals surface area contributed by atoms with E-state index < -0.39 is 25.0 Å². The first kappa shape index (κ1) is 13.3. The maximum Gasteiger partial charge on any atom is 0.327 e. The van der Waals surface area contributed by atoms with E-state index in [1.807, 2.05) is 0 Å². The highest BCUT2D eigenvalue weighted by Gasteiger charge is 2.13. The summed E-state index contributed by atoms with van der Waals surface area (Å²) in [6.07, 6.45) is -0.426. The van der Waals surface area contributed by atoms with Crippen molar-refractivity contribution in [2.24, 2.45) is 5.18 Å². The minimum atomic E-state index is -4.12. The number of rotatable bonds is 5. The highest BCUT2D eigenvalue weighted by atomic mass is 31.2. The number of H-pyrrole nitrogens is 1. The van der Waals surface area contributed by atoms with Crippen molar-refractivity contribution in [2.75, 3.05) is 23.8 Å². The van der Waals surface area contributed by atoms with Crippen LogP contribution in [-0.2, 0) is 4.57 Å². The Hall–Kier alpha value is -1.77. The normalized spacial score (nSPS) is 11.2. The average molecular weight is 263 g/mol. The molecule has 94 valence electrons. The predicted octanol–water partition coefficient (Wildman–Crippen LogP) is -0.660. The molecule has 1 aromatic heterocycles. The maximum absolute atomic E-state index is 11.2. The monoisotopic (exact) mass is 263 g/mol. The molecule has 1 heterocycles. The van der Waals surface area contributed by atoms with Crippen molar-refractivity contribution in [2.45, 2.75) is 0 Å². The SMILES string of the molecule is Nc1nc(NCCP(=O)(O)O)[nH]c(=O)c1N=O. The van der Waals surface area contributed by atoms with E-state index in [1.165, 1.54) is 0 Å². The second-order valence-electron chi connectivity index (χ2n) is 3.05. The van der Waals surface area contributed by atoms with Gasteiger partial charge in [-0.15, -0.1) is 4.91 Å². The standard InChI is InChI=1S/C6H10N5O5P/c7-4-3(11-13)5(12)10-6(9-4)8-1-2-17(14,15)16/h1-2H2,(H2,14,15,16)(H4,7,8,9,10,12). The highest BCUT2D eigenvalue weighted by Crippen LogP contribution is 2.33. The largest absolute Gasteiger partial charge is 0.382 e. The van der Waals surface area contributed by atoms with Gasteiger partial charge in [-0.3, -0.25) is 14.3 Å². The number of hydrogen-bond acceptors (Lipinski definition) is 7. The van der Waals surface area contributed by atoms with E-state index >= 15 is 0 Å². The van der Waals surface area contributed by atoms with Gasteiger partial charge < -0.3 is 20.8 Å². The van der Waals surface area contributed by atoms with Gasteiger partial charge in [-0.1, -0.05) is 0 Å². The van der Waals surface area contributed by atoms with Gasteiger partial charge in [-0.05, 0) is 5.18 Å². The summed E-state index contributed by atoms with van der Waals surface area (Å²) in [6, 6.07) is 0. The first-order valence-electron chi connectivity index (χ1n) is 4.35. The van der Waals surface area contributed by atoms with Gasteiger partial charge in [0, 0.05) is 6.54 Å². The Morgan fingerprint density at radius 2 is 2.18 bits per heavy atom. The minimum absolute atomic E-state index is 0.0895. The number of aromatic amines is 1. The Morgan fingerprint density at radius 3 is 2.65 bits per heavy atom. The molecule has 6 N–H and O–H groups in total. The molecule has 10 nitrogen and oxygen atoms in total. The van der Waals surface area contributed by atoms with E-state index in [0.29, 0.717) is 0 Å². The van der Waals surface area contributed by atoms with Gasteiger partial charge in [0.05, 0.1) is 6.16 Å². The van der Waals surface area contributed by atoms with Crippen LogP contribution in [0.1, 0.15) is 0 Å². The molecule has 0 atom stereocenters. The molecular formula is C6H10N5O5P. The fourth-order valence-corrected chi connectivity index (χ4v) is 1.38. The Bertz CT molecular complexity index is 522. The number of anilines is 2. The van der Waals surface area contributed by atoms with Crippen molar-refractivity contribution in [3.05, 3.63) is 15.3 Å². The topological polar surface area (TPSA) is 171 Å². The lowest BCUT2D eigenvalue weighted by Crippen LogP contribution is -2.16. The second-order valence-corrected chi connectivity index (χ2v) is 4.83. The fourth-order valence-electron chi connectivity index (χ4n) is 0.976. The molecule has 0 amide bonds. The zero-order chi connectivity index (χ0) is 13.1. The third kappa shape index (κ3) is 3.94. The first-order valence-corrected chi connectivity index (χ1v) is 6.15. The van der Waals surface area contributed by atoms with Crippen LogP contribution in [0.3, 0.4) is 0 Å². The molecule has 0 aliphatic heterocycles. The molecular weight excluding hydrogens is 253 g/mol. The number of nitrogens with zero attached hydrogens (tertiary/aromatic N) is 2. The molecule has 0 fully saturated rings. The van der Waals surface area contributed by atoms with E-state index in [1.54, 1.807) is 0 Å². The van der Waals surface area contributed by atoms with Crippen LogP contribution in [-0.4, -0.2) is 32.5 Å². The smallest absolute Gasteiger partial charge is 0.327 e. The molecule has 11 heteroatoms. The van der Waals surface area contributed by atoms with Crippen LogP contribution < -0.4 is 16.6 Å². The van der Waals surface area contributed by atoms with Crippen molar-refractivity contribution in [1.29, 1.82) is 0 Å². The Balaban J connectivity index is 2.78. The predicted molar refractivity (Wildman–Crippen MR) is 60.1 cm³/mol. The molecule has 1 rings (SSSR count). The number of nitrogens with two attached hydrogens (primary N) is 1. The summed E-state index contributed by atoms with van der Waals surface area (Å²) >= 11 is 0. The van der Waals surface area contributed by atoms with Gasteiger partial charge in [0.15, 0.2) is 5.82 Å². The molecule has 17 heavy (non-hydrogen) atoms. The number of nitroso groups, excluding NO2 is 1. The number of nitrogens with one attached hydrogen (secondary N) is 2. The van der Waals surface area contributed by atoms with E-state index in [-0.39, 0.29) is 18.3 Å². The molecule has 0 radical (unpaired) electrons. The number of nitrogen functional groups attached to an aromatic ring is 1. The van der Waals surface area contributed by atoms with Crippen molar-refractivity contribution < 1.29 is 14.4 Å². The van der Waals surface area contributed by atoms with Crippen LogP contribution >= 0.6 is 7.60 Å². The van der Waals surface area contributed by atoms with Crippen LogP contribution in [0, 0.1) is 4.91 Å². The molecule has 0 aliphatic carbocycles. The molecule has 0 bridgehead atoms. The van der Waals surface area contributed by atoms with Gasteiger partial charge in [0.25, 0.3) is 5.56 Å². The summed E-state index contributed by atoms with van der Waals surface area (Å²) in [5.74, 6) is -0.448. The zero-order valence-corrected chi connectivity index (χ0v) is 9.35. The molecule has 0 saturated carbocycles. The lowest BCUT2D eigenvalue weighted by atomic mass is 10.5. The lowest BCUT2D eigenvalue weighted by molar-refractivity contribution is 0.374. The summed E-state index contributed by atoms with van der Waals surface area (Å²) in [5.41, 5.74) is 3.91. The summed E-state index contributed by atoms with van der Waals surface area (Å²) < 4.78 is 10.5. The lowest BCUT2D eigenvalue weighted by Gasteiger charge is -2.06. The summed E-state index contributed by atoms with van der Waals surface area (Å²) in [5, 5.41) is 4.85. The first-order chi connectivity index (χ1) is 7.83. The number of hydrogen-bond donors (Lipinski definition) is 5. The van der Waals surface area contributed by atoms with E-state index in [4.69, 9.17) is 15.5 Å². The van der Waals surface area contributed by atoms with Gasteiger partial charge in [-0.2, -0.15) is 4.98 Å². The third-order valence-electron chi connectivity index (χ3n) is 1.71. The molecule has 0 unspecified atom stereocenters. The Labute approximate surface area is 94.4 Å². The molecule has 0 aromatic carbocycles.